The molecule has 2 rings (SSSR count). The summed E-state index contributed by atoms with van der Waals surface area (Å²) in [5, 5.41) is 8.87. The molecule has 1 aromatic rings. The molecule has 19 heavy (non-hydrogen) atoms. The predicted octanol–water partition coefficient (Wildman–Crippen LogP) is 3.21. The van der Waals surface area contributed by atoms with Crippen molar-refractivity contribution in [2.45, 2.75) is 24.9 Å². The SMILES string of the molecule is O=C(O)[C@H]1C[C@H]1c1ccccc1OCCC(F)(F)F. The van der Waals surface area contributed by atoms with Gasteiger partial charge in [-0.25, -0.2) is 0 Å². The van der Waals surface area contributed by atoms with E-state index in [4.69, 9.17) is 9.84 Å². The summed E-state index contributed by atoms with van der Waals surface area (Å²) in [6, 6.07) is 6.66. The fourth-order valence-corrected chi connectivity index (χ4v) is 2.01. The van der Waals surface area contributed by atoms with Crippen LogP contribution in [0.2, 0.25) is 0 Å². The van der Waals surface area contributed by atoms with Gasteiger partial charge in [0.2, 0.25) is 0 Å². The summed E-state index contributed by atoms with van der Waals surface area (Å²) in [5.41, 5.74) is 0.678. The summed E-state index contributed by atoms with van der Waals surface area (Å²) < 4.78 is 41.2. The van der Waals surface area contributed by atoms with Gasteiger partial charge in [-0.05, 0) is 18.1 Å². The summed E-state index contributed by atoms with van der Waals surface area (Å²) in [6.07, 6.45) is -4.76. The summed E-state index contributed by atoms with van der Waals surface area (Å²) in [4.78, 5) is 10.8. The van der Waals surface area contributed by atoms with Crippen LogP contribution in [0.5, 0.6) is 5.75 Å². The quantitative estimate of drug-likeness (QED) is 0.896. The minimum Gasteiger partial charge on any atom is -0.493 e. The van der Waals surface area contributed by atoms with Gasteiger partial charge in [-0.1, -0.05) is 18.2 Å². The fraction of sp³-hybridized carbons (Fsp3) is 0.462. The lowest BCUT2D eigenvalue weighted by Crippen LogP contribution is -2.13. The molecule has 0 aliphatic heterocycles. The van der Waals surface area contributed by atoms with E-state index in [1.807, 2.05) is 0 Å². The van der Waals surface area contributed by atoms with Crippen LogP contribution >= 0.6 is 0 Å². The molecule has 0 bridgehead atoms. The van der Waals surface area contributed by atoms with E-state index in [2.05, 4.69) is 0 Å². The van der Waals surface area contributed by atoms with Crippen molar-refractivity contribution in [1.82, 2.24) is 0 Å². The Labute approximate surface area is 108 Å². The highest BCUT2D eigenvalue weighted by Gasteiger charge is 2.45. The van der Waals surface area contributed by atoms with Crippen LogP contribution in [0.15, 0.2) is 24.3 Å². The second-order valence-electron chi connectivity index (χ2n) is 4.54. The van der Waals surface area contributed by atoms with E-state index in [1.54, 1.807) is 24.3 Å². The van der Waals surface area contributed by atoms with Crippen molar-refractivity contribution in [2.75, 3.05) is 6.61 Å². The maximum atomic E-state index is 12.0. The van der Waals surface area contributed by atoms with Crippen molar-refractivity contribution in [3.8, 4) is 5.75 Å². The number of carboxylic acids is 1. The van der Waals surface area contributed by atoms with Crippen LogP contribution in [0, 0.1) is 5.92 Å². The van der Waals surface area contributed by atoms with Crippen molar-refractivity contribution in [2.24, 2.45) is 5.92 Å². The zero-order valence-corrected chi connectivity index (χ0v) is 9.98. The third-order valence-electron chi connectivity index (χ3n) is 3.07. The summed E-state index contributed by atoms with van der Waals surface area (Å²) in [7, 11) is 0. The highest BCUT2D eigenvalue weighted by atomic mass is 19.4. The highest BCUT2D eigenvalue weighted by Crippen LogP contribution is 2.50. The molecule has 0 amide bonds. The van der Waals surface area contributed by atoms with Crippen molar-refractivity contribution in [3.05, 3.63) is 29.8 Å². The molecule has 1 N–H and O–H groups in total. The van der Waals surface area contributed by atoms with Crippen LogP contribution in [0.4, 0.5) is 13.2 Å². The molecule has 6 heteroatoms. The fourth-order valence-electron chi connectivity index (χ4n) is 2.01. The molecule has 2 atom stereocenters. The van der Waals surface area contributed by atoms with Gasteiger partial charge in [0.05, 0.1) is 18.9 Å². The third kappa shape index (κ3) is 3.62. The van der Waals surface area contributed by atoms with E-state index in [0.717, 1.165) is 0 Å². The van der Waals surface area contributed by atoms with E-state index in [9.17, 15) is 18.0 Å². The molecule has 3 nitrogen and oxygen atoms in total. The van der Waals surface area contributed by atoms with Gasteiger partial charge in [0.1, 0.15) is 5.75 Å². The number of halogens is 3. The molecule has 0 spiro atoms. The molecule has 1 fully saturated rings. The zero-order chi connectivity index (χ0) is 14.0. The van der Waals surface area contributed by atoms with Crippen LogP contribution in [-0.4, -0.2) is 23.9 Å². The molecule has 0 aromatic heterocycles. The monoisotopic (exact) mass is 274 g/mol. The Morgan fingerprint density at radius 3 is 2.63 bits per heavy atom. The van der Waals surface area contributed by atoms with E-state index in [-0.39, 0.29) is 5.92 Å². The maximum absolute atomic E-state index is 12.0. The summed E-state index contributed by atoms with van der Waals surface area (Å²) >= 11 is 0. The number of alkyl halides is 3. The molecule has 1 aliphatic carbocycles. The third-order valence-corrected chi connectivity index (χ3v) is 3.07. The number of carboxylic acid groups (broad SMARTS) is 1. The second-order valence-corrected chi connectivity index (χ2v) is 4.54. The first-order valence-corrected chi connectivity index (χ1v) is 5.90. The Morgan fingerprint density at radius 1 is 1.37 bits per heavy atom. The number of benzene rings is 1. The first-order chi connectivity index (χ1) is 8.88. The van der Waals surface area contributed by atoms with Crippen LogP contribution in [0.25, 0.3) is 0 Å². The molecule has 0 radical (unpaired) electrons. The van der Waals surface area contributed by atoms with Crippen molar-refractivity contribution in [1.29, 1.82) is 0 Å². The predicted molar refractivity (Wildman–Crippen MR) is 61.1 cm³/mol. The molecule has 1 aromatic carbocycles. The average molecular weight is 274 g/mol. The van der Waals surface area contributed by atoms with Gasteiger partial charge in [-0.15, -0.1) is 0 Å². The van der Waals surface area contributed by atoms with E-state index >= 15 is 0 Å². The molecule has 0 unspecified atom stereocenters. The minimum atomic E-state index is -4.25. The number of hydrogen-bond acceptors (Lipinski definition) is 2. The Balaban J connectivity index is 2.00. The lowest BCUT2D eigenvalue weighted by atomic mass is 10.1. The van der Waals surface area contributed by atoms with E-state index in [1.165, 1.54) is 0 Å². The average Bonchev–Trinajstić information content (AvgIpc) is 3.08. The lowest BCUT2D eigenvalue weighted by molar-refractivity contribution is -0.140. The lowest BCUT2D eigenvalue weighted by Gasteiger charge is -2.12. The Bertz CT molecular complexity index is 470. The van der Waals surface area contributed by atoms with Gasteiger partial charge in [-0.2, -0.15) is 13.2 Å². The molecule has 0 heterocycles. The van der Waals surface area contributed by atoms with Crippen LogP contribution in [0.1, 0.15) is 24.3 Å². The molecular weight excluding hydrogens is 261 g/mol. The second kappa shape index (κ2) is 5.11. The molecule has 1 aliphatic rings. The largest absolute Gasteiger partial charge is 0.493 e. The van der Waals surface area contributed by atoms with Gasteiger partial charge in [-0.3, -0.25) is 4.79 Å². The number of para-hydroxylation sites is 1. The zero-order valence-electron chi connectivity index (χ0n) is 9.98. The smallest absolute Gasteiger partial charge is 0.392 e. The van der Waals surface area contributed by atoms with Gasteiger partial charge < -0.3 is 9.84 Å². The number of carbonyl (C=O) groups is 1. The summed E-state index contributed by atoms with van der Waals surface area (Å²) in [6.45, 7) is -0.453. The normalized spacial score (nSPS) is 22.1. The Morgan fingerprint density at radius 2 is 2.05 bits per heavy atom. The van der Waals surface area contributed by atoms with Crippen molar-refractivity contribution < 1.29 is 27.8 Å². The van der Waals surface area contributed by atoms with Gasteiger partial charge in [0.25, 0.3) is 0 Å². The first kappa shape index (κ1) is 13.7. The first-order valence-electron chi connectivity index (χ1n) is 5.90. The maximum Gasteiger partial charge on any atom is 0.392 e. The van der Waals surface area contributed by atoms with Gasteiger partial charge in [0.15, 0.2) is 0 Å². The molecule has 1 saturated carbocycles. The van der Waals surface area contributed by atoms with E-state index < -0.39 is 31.1 Å². The molecular formula is C13H13F3O3. The number of rotatable bonds is 5. The van der Waals surface area contributed by atoms with Crippen molar-refractivity contribution >= 4 is 5.97 Å². The van der Waals surface area contributed by atoms with Gasteiger partial charge >= 0.3 is 12.1 Å². The van der Waals surface area contributed by atoms with E-state index in [0.29, 0.717) is 17.7 Å². The number of ether oxygens (including phenoxy) is 1. The van der Waals surface area contributed by atoms with Gasteiger partial charge in [0, 0.05) is 5.92 Å². The Hall–Kier alpha value is -1.72. The summed E-state index contributed by atoms with van der Waals surface area (Å²) in [5.74, 6) is -1.14. The van der Waals surface area contributed by atoms with Crippen molar-refractivity contribution in [3.63, 3.8) is 0 Å². The highest BCUT2D eigenvalue weighted by molar-refractivity contribution is 5.75. The number of hydrogen-bond donors (Lipinski definition) is 1. The molecule has 0 saturated heterocycles. The standard InChI is InChI=1S/C13H13F3O3/c14-13(15,16)5-6-19-11-4-2-1-3-8(11)9-7-10(9)12(17)18/h1-4,9-10H,5-7H2,(H,17,18)/t9-,10-/m0/s1. The van der Waals surface area contributed by atoms with Crippen LogP contribution in [0.3, 0.4) is 0 Å². The van der Waals surface area contributed by atoms with Crippen LogP contribution in [-0.2, 0) is 4.79 Å². The van der Waals surface area contributed by atoms with Crippen LogP contribution < -0.4 is 4.74 Å². The minimum absolute atomic E-state index is 0.153. The Kier molecular flexibility index (Phi) is 3.68. The topological polar surface area (TPSA) is 46.5 Å². The number of aliphatic carboxylic acids is 1. The molecule has 104 valence electrons.